The number of amides is 2. The summed E-state index contributed by atoms with van der Waals surface area (Å²) in [7, 11) is 0. The summed E-state index contributed by atoms with van der Waals surface area (Å²) in [6.45, 7) is 3.39. The van der Waals surface area contributed by atoms with Gasteiger partial charge in [0.05, 0.1) is 23.4 Å². The van der Waals surface area contributed by atoms with Crippen molar-refractivity contribution in [3.8, 4) is 0 Å². The molecule has 0 radical (unpaired) electrons. The number of fused-ring (bicyclic) bond motifs is 1. The number of carbonyl (C=O) groups excluding carboxylic acids is 2. The Hall–Kier alpha value is -2.49. The first-order valence-electron chi connectivity index (χ1n) is 9.65. The molecule has 1 aliphatic rings. The van der Waals surface area contributed by atoms with Gasteiger partial charge in [-0.1, -0.05) is 27.3 Å². The van der Waals surface area contributed by atoms with Crippen molar-refractivity contribution in [1.82, 2.24) is 10.3 Å². The Morgan fingerprint density at radius 1 is 1.13 bits per heavy atom. The number of benzene rings is 2. The quantitative estimate of drug-likeness (QED) is 0.553. The first-order chi connectivity index (χ1) is 14.6. The predicted octanol–water partition coefficient (Wildman–Crippen LogP) is 3.65. The van der Waals surface area contributed by atoms with Crippen LogP contribution in [0.3, 0.4) is 0 Å². The van der Waals surface area contributed by atoms with Crippen LogP contribution in [-0.4, -0.2) is 49.6 Å². The van der Waals surface area contributed by atoms with Crippen molar-refractivity contribution in [1.29, 1.82) is 0 Å². The van der Waals surface area contributed by atoms with Gasteiger partial charge >= 0.3 is 0 Å². The minimum Gasteiger partial charge on any atom is -0.378 e. The minimum atomic E-state index is -0.197. The van der Waals surface area contributed by atoms with Crippen LogP contribution in [0.25, 0.3) is 10.2 Å². The van der Waals surface area contributed by atoms with E-state index in [1.54, 1.807) is 23.5 Å². The van der Waals surface area contributed by atoms with Gasteiger partial charge < -0.3 is 20.3 Å². The second-order valence-corrected chi connectivity index (χ2v) is 8.76. The number of nitrogens with zero attached hydrogens (tertiary/aromatic N) is 2. The lowest BCUT2D eigenvalue weighted by Gasteiger charge is -2.25. The standard InChI is InChI=1S/C21H21BrN4O3S/c22-15-3-1-14(2-4-15)20(28)23-8-7-19(27)24-16-5-6-17-18(13-16)30-21(25-17)26-9-11-29-12-10-26/h1-6,13H,7-12H2,(H,23,28)(H,24,27). The zero-order valence-corrected chi connectivity index (χ0v) is 18.6. The normalized spacial score (nSPS) is 14.0. The summed E-state index contributed by atoms with van der Waals surface area (Å²) in [6, 6.07) is 12.8. The van der Waals surface area contributed by atoms with Crippen molar-refractivity contribution in [2.24, 2.45) is 0 Å². The Bertz CT molecular complexity index is 1050. The van der Waals surface area contributed by atoms with Crippen molar-refractivity contribution in [2.45, 2.75) is 6.42 Å². The van der Waals surface area contributed by atoms with Crippen LogP contribution in [0.15, 0.2) is 46.9 Å². The molecule has 1 fully saturated rings. The number of hydrogen-bond donors (Lipinski definition) is 2. The molecule has 0 saturated carbocycles. The molecule has 0 unspecified atom stereocenters. The summed E-state index contributed by atoms with van der Waals surface area (Å²) in [4.78, 5) is 31.3. The minimum absolute atomic E-state index is 0.150. The van der Waals surface area contributed by atoms with E-state index in [1.165, 1.54) is 0 Å². The molecular weight excluding hydrogens is 468 g/mol. The van der Waals surface area contributed by atoms with Gasteiger partial charge in [-0.25, -0.2) is 4.98 Å². The maximum Gasteiger partial charge on any atom is 0.251 e. The number of rotatable bonds is 6. The lowest BCUT2D eigenvalue weighted by Crippen LogP contribution is -2.36. The Morgan fingerprint density at radius 2 is 1.90 bits per heavy atom. The number of aromatic nitrogens is 1. The second kappa shape index (κ2) is 9.55. The maximum absolute atomic E-state index is 12.3. The van der Waals surface area contributed by atoms with Gasteiger partial charge in [-0.05, 0) is 42.5 Å². The number of morpholine rings is 1. The molecule has 9 heteroatoms. The highest BCUT2D eigenvalue weighted by molar-refractivity contribution is 9.10. The molecule has 1 saturated heterocycles. The van der Waals surface area contributed by atoms with Crippen molar-refractivity contribution in [3.05, 3.63) is 52.5 Å². The van der Waals surface area contributed by atoms with Crippen LogP contribution in [0, 0.1) is 0 Å². The first-order valence-corrected chi connectivity index (χ1v) is 11.3. The number of anilines is 2. The van der Waals surface area contributed by atoms with Crippen LogP contribution in [0.2, 0.25) is 0 Å². The highest BCUT2D eigenvalue weighted by atomic mass is 79.9. The smallest absolute Gasteiger partial charge is 0.251 e. The molecule has 30 heavy (non-hydrogen) atoms. The van der Waals surface area contributed by atoms with Crippen molar-refractivity contribution in [3.63, 3.8) is 0 Å². The van der Waals surface area contributed by atoms with Crippen molar-refractivity contribution in [2.75, 3.05) is 43.1 Å². The average Bonchev–Trinajstić information content (AvgIpc) is 3.18. The number of carbonyl (C=O) groups is 2. The fourth-order valence-corrected chi connectivity index (χ4v) is 4.42. The van der Waals surface area contributed by atoms with E-state index in [-0.39, 0.29) is 24.8 Å². The molecule has 2 heterocycles. The Labute approximate surface area is 186 Å². The number of nitrogens with one attached hydrogen (secondary N) is 2. The van der Waals surface area contributed by atoms with Gasteiger partial charge in [-0.3, -0.25) is 9.59 Å². The van der Waals surface area contributed by atoms with Crippen LogP contribution >= 0.6 is 27.3 Å². The fraction of sp³-hybridized carbons (Fsp3) is 0.286. The molecule has 2 N–H and O–H groups in total. The summed E-state index contributed by atoms with van der Waals surface area (Å²) in [5.41, 5.74) is 2.20. The van der Waals surface area contributed by atoms with Crippen LogP contribution in [0.4, 0.5) is 10.8 Å². The lowest BCUT2D eigenvalue weighted by molar-refractivity contribution is -0.116. The largest absolute Gasteiger partial charge is 0.378 e. The van der Waals surface area contributed by atoms with E-state index in [0.29, 0.717) is 5.56 Å². The molecule has 1 aliphatic heterocycles. The van der Waals surface area contributed by atoms with Crippen molar-refractivity contribution < 1.29 is 14.3 Å². The van der Waals surface area contributed by atoms with Crippen LogP contribution in [0.1, 0.15) is 16.8 Å². The molecule has 0 spiro atoms. The molecule has 0 atom stereocenters. The van der Waals surface area contributed by atoms with E-state index in [2.05, 4.69) is 36.4 Å². The predicted molar refractivity (Wildman–Crippen MR) is 122 cm³/mol. The number of hydrogen-bond acceptors (Lipinski definition) is 6. The number of ether oxygens (including phenoxy) is 1. The molecule has 4 rings (SSSR count). The molecular formula is C21H21BrN4O3S. The summed E-state index contributed by atoms with van der Waals surface area (Å²) >= 11 is 4.95. The summed E-state index contributed by atoms with van der Waals surface area (Å²) in [5.74, 6) is -0.347. The zero-order chi connectivity index (χ0) is 20.9. The number of halogens is 1. The van der Waals surface area contributed by atoms with Gasteiger partial charge in [0, 0.05) is 41.8 Å². The summed E-state index contributed by atoms with van der Waals surface area (Å²) in [5, 5.41) is 6.64. The molecule has 1 aromatic heterocycles. The summed E-state index contributed by atoms with van der Waals surface area (Å²) < 4.78 is 7.33. The van der Waals surface area contributed by atoms with Crippen molar-refractivity contribution >= 4 is 60.1 Å². The Kier molecular flexibility index (Phi) is 6.61. The van der Waals surface area contributed by atoms with Crippen LogP contribution < -0.4 is 15.5 Å². The molecule has 2 aromatic carbocycles. The Morgan fingerprint density at radius 3 is 2.67 bits per heavy atom. The second-order valence-electron chi connectivity index (χ2n) is 6.84. The first kappa shape index (κ1) is 20.8. The molecule has 7 nitrogen and oxygen atoms in total. The number of thiazole rings is 1. The van der Waals surface area contributed by atoms with Gasteiger partial charge in [0.25, 0.3) is 5.91 Å². The van der Waals surface area contributed by atoms with E-state index in [1.807, 2.05) is 30.3 Å². The third kappa shape index (κ3) is 5.16. The van der Waals surface area contributed by atoms with E-state index in [0.717, 1.165) is 51.8 Å². The average molecular weight is 489 g/mol. The highest BCUT2D eigenvalue weighted by Crippen LogP contribution is 2.31. The zero-order valence-electron chi connectivity index (χ0n) is 16.2. The molecule has 0 aliphatic carbocycles. The third-order valence-electron chi connectivity index (χ3n) is 4.69. The maximum atomic E-state index is 12.3. The topological polar surface area (TPSA) is 83.6 Å². The van der Waals surface area contributed by atoms with Gasteiger partial charge in [0.15, 0.2) is 5.13 Å². The monoisotopic (exact) mass is 488 g/mol. The molecule has 0 bridgehead atoms. The summed E-state index contributed by atoms with van der Waals surface area (Å²) in [6.07, 6.45) is 0.196. The van der Waals surface area contributed by atoms with E-state index in [9.17, 15) is 9.59 Å². The highest BCUT2D eigenvalue weighted by Gasteiger charge is 2.16. The molecule has 2 amide bonds. The molecule has 156 valence electrons. The van der Waals surface area contributed by atoms with Crippen LogP contribution in [-0.2, 0) is 9.53 Å². The van der Waals surface area contributed by atoms with Gasteiger partial charge in [0.1, 0.15) is 0 Å². The van der Waals surface area contributed by atoms with E-state index in [4.69, 9.17) is 4.74 Å². The molecule has 3 aromatic rings. The van der Waals surface area contributed by atoms with E-state index < -0.39 is 0 Å². The Balaban J connectivity index is 1.30. The SMILES string of the molecule is O=C(CCNC(=O)c1ccc(Br)cc1)Nc1ccc2nc(N3CCOCC3)sc2c1. The fourth-order valence-electron chi connectivity index (χ4n) is 3.10. The van der Waals surface area contributed by atoms with Gasteiger partial charge in [-0.2, -0.15) is 0 Å². The van der Waals surface area contributed by atoms with E-state index >= 15 is 0 Å². The van der Waals surface area contributed by atoms with Gasteiger partial charge in [0.2, 0.25) is 5.91 Å². The van der Waals surface area contributed by atoms with Gasteiger partial charge in [-0.15, -0.1) is 0 Å². The third-order valence-corrected chi connectivity index (χ3v) is 6.29. The van der Waals surface area contributed by atoms with Crippen LogP contribution in [0.5, 0.6) is 0 Å². The lowest BCUT2D eigenvalue weighted by atomic mass is 10.2.